The highest BCUT2D eigenvalue weighted by molar-refractivity contribution is 7.09. The molecule has 0 unspecified atom stereocenters. The van der Waals surface area contributed by atoms with Crippen LogP contribution in [0.25, 0.3) is 6.08 Å². The Bertz CT molecular complexity index is 1230. The van der Waals surface area contributed by atoms with E-state index in [1.165, 1.54) is 18.3 Å². The van der Waals surface area contributed by atoms with Gasteiger partial charge in [0.15, 0.2) is 16.6 Å². The lowest BCUT2D eigenvalue weighted by Crippen LogP contribution is -2.50. The third-order valence-corrected chi connectivity index (χ3v) is 21.2. The number of aromatic nitrogens is 1. The zero-order valence-electron chi connectivity index (χ0n) is 34.3. The number of rotatable bonds is 22. The molecular weight excluding hydrogens is 663 g/mol. The van der Waals surface area contributed by atoms with Gasteiger partial charge >= 0.3 is 5.97 Å². The second kappa shape index (κ2) is 20.0. The summed E-state index contributed by atoms with van der Waals surface area (Å²) in [5.74, 6) is -0.176. The fraction of sp³-hybridized carbons (Fsp3) is 0.775. The molecule has 0 aromatic carbocycles. The van der Waals surface area contributed by atoms with Crippen molar-refractivity contribution in [3.8, 4) is 0 Å². The number of hydrogen-bond donors (Lipinski definition) is 0. The number of carbonyl (C=O) groups excluding carboxylic acids is 2. The molecule has 0 bridgehead atoms. The van der Waals surface area contributed by atoms with Crippen molar-refractivity contribution in [1.82, 2.24) is 4.98 Å². The van der Waals surface area contributed by atoms with Crippen molar-refractivity contribution in [2.24, 2.45) is 17.3 Å². The van der Waals surface area contributed by atoms with Crippen LogP contribution in [0.3, 0.4) is 0 Å². The molecule has 9 heteroatoms. The number of thiazole rings is 1. The quantitative estimate of drug-likeness (QED) is 0.0670. The smallest absolute Gasteiger partial charge is 0.305 e. The molecule has 0 fully saturated rings. The van der Waals surface area contributed by atoms with Crippen LogP contribution >= 0.6 is 11.3 Å². The van der Waals surface area contributed by atoms with E-state index in [1.807, 2.05) is 20.8 Å². The molecule has 0 aliphatic carbocycles. The molecule has 1 heterocycles. The predicted molar refractivity (Wildman–Crippen MR) is 215 cm³/mol. The maximum Gasteiger partial charge on any atom is 0.305 e. The Morgan fingerprint density at radius 1 is 0.980 bits per heavy atom. The van der Waals surface area contributed by atoms with Gasteiger partial charge in [0.1, 0.15) is 5.78 Å². The van der Waals surface area contributed by atoms with Gasteiger partial charge in [-0.15, -0.1) is 11.3 Å². The SMILES string of the molecule is CC[Si](CC)(CC)O[C@@H](C/C=C(/C)CCC[C@H](C)[C@H](O[Si](C)(C)C(C)(C)C)[C@@H](C)C(=O)C(C)(C)CCC(=O)OC)/C(C)=C/c1csc(C)n1. The lowest BCUT2D eigenvalue weighted by molar-refractivity contribution is -0.142. The summed E-state index contributed by atoms with van der Waals surface area (Å²) in [6.45, 7) is 32.9. The van der Waals surface area contributed by atoms with E-state index in [2.05, 4.69) is 105 Å². The van der Waals surface area contributed by atoms with Crippen LogP contribution < -0.4 is 0 Å². The molecular formula is C40H73NO5SSi2. The standard InChI is InChI=1S/C40H73NO5SSi2/c1-17-49(18-2,19-3)45-35(31(6)27-34-28-47-33(8)41-34)24-23-29(4)21-20-22-30(5)37(46-48(15,16)39(9,10)11)32(7)38(43)40(12,13)26-25-36(42)44-14/h23,27-28,30,32,35,37H,17-22,24-26H2,1-16H3/b29-23-,31-27+/t30-,32+,35-,37-/m0/s1. The summed E-state index contributed by atoms with van der Waals surface area (Å²) in [6, 6.07) is 3.38. The fourth-order valence-electron chi connectivity index (χ4n) is 6.31. The Labute approximate surface area is 307 Å². The van der Waals surface area contributed by atoms with Gasteiger partial charge in [-0.05, 0) is 107 Å². The number of allylic oxidation sites excluding steroid dienone is 1. The maximum atomic E-state index is 14.0. The Morgan fingerprint density at radius 3 is 2.06 bits per heavy atom. The number of Topliss-reactive ketones (excluding diaryl/α,β-unsaturated/α-hetero) is 1. The van der Waals surface area contributed by atoms with Crippen molar-refractivity contribution in [2.75, 3.05) is 7.11 Å². The predicted octanol–water partition coefficient (Wildman–Crippen LogP) is 12.0. The minimum absolute atomic E-state index is 0.0325. The highest BCUT2D eigenvalue weighted by atomic mass is 32.1. The molecule has 0 N–H and O–H groups in total. The normalized spacial score (nSPS) is 16.3. The van der Waals surface area contributed by atoms with E-state index in [0.717, 1.165) is 54.5 Å². The van der Waals surface area contributed by atoms with Crippen LogP contribution in [0.4, 0.5) is 0 Å². The number of nitrogens with zero attached hydrogens (tertiary/aromatic N) is 1. The van der Waals surface area contributed by atoms with Crippen molar-refractivity contribution in [3.63, 3.8) is 0 Å². The second-order valence-corrected chi connectivity index (χ2v) is 27.2. The minimum Gasteiger partial charge on any atom is -0.469 e. The Hall–Kier alpha value is -1.40. The molecule has 0 spiro atoms. The molecule has 1 aromatic rings. The first-order valence-corrected chi connectivity index (χ1v) is 25.1. The van der Waals surface area contributed by atoms with Crippen molar-refractivity contribution in [3.05, 3.63) is 33.3 Å². The number of carbonyl (C=O) groups is 2. The van der Waals surface area contributed by atoms with Gasteiger partial charge < -0.3 is 13.6 Å². The highest BCUT2D eigenvalue weighted by Crippen LogP contribution is 2.41. The molecule has 6 nitrogen and oxygen atoms in total. The van der Waals surface area contributed by atoms with E-state index in [1.54, 1.807) is 11.3 Å². The highest BCUT2D eigenvalue weighted by Gasteiger charge is 2.44. The first kappa shape index (κ1) is 45.6. The Kier molecular flexibility index (Phi) is 18.6. The molecule has 1 aromatic heterocycles. The van der Waals surface area contributed by atoms with Crippen LogP contribution in [0.1, 0.15) is 132 Å². The third kappa shape index (κ3) is 14.3. The summed E-state index contributed by atoms with van der Waals surface area (Å²) in [6.07, 6.45) is 9.06. The molecule has 49 heavy (non-hydrogen) atoms. The number of esters is 1. The molecule has 0 saturated carbocycles. The Morgan fingerprint density at radius 2 is 1.57 bits per heavy atom. The summed E-state index contributed by atoms with van der Waals surface area (Å²) in [5.41, 5.74) is 3.01. The summed E-state index contributed by atoms with van der Waals surface area (Å²) in [7, 11) is -2.56. The first-order valence-electron chi connectivity index (χ1n) is 18.8. The summed E-state index contributed by atoms with van der Waals surface area (Å²) in [5, 5.41) is 3.24. The summed E-state index contributed by atoms with van der Waals surface area (Å²) in [4.78, 5) is 30.5. The van der Waals surface area contributed by atoms with Gasteiger partial charge in [-0.2, -0.15) is 0 Å². The van der Waals surface area contributed by atoms with Gasteiger partial charge in [-0.25, -0.2) is 4.98 Å². The minimum atomic E-state index is -2.15. The van der Waals surface area contributed by atoms with Crippen LogP contribution in [0, 0.1) is 24.2 Å². The first-order chi connectivity index (χ1) is 22.6. The summed E-state index contributed by atoms with van der Waals surface area (Å²) >= 11 is 1.69. The van der Waals surface area contributed by atoms with E-state index in [-0.39, 0.29) is 47.3 Å². The molecule has 1 rings (SSSR count). The van der Waals surface area contributed by atoms with Crippen molar-refractivity contribution < 1.29 is 23.2 Å². The second-order valence-electron chi connectivity index (χ2n) is 16.6. The molecule has 4 atom stereocenters. The van der Waals surface area contributed by atoms with E-state index < -0.39 is 22.0 Å². The molecule has 0 saturated heterocycles. The van der Waals surface area contributed by atoms with E-state index >= 15 is 0 Å². The average molecular weight is 736 g/mol. The monoisotopic (exact) mass is 735 g/mol. The average Bonchev–Trinajstić information content (AvgIpc) is 3.45. The van der Waals surface area contributed by atoms with Crippen LogP contribution in [-0.4, -0.2) is 52.7 Å². The lowest BCUT2D eigenvalue weighted by atomic mass is 9.74. The summed E-state index contributed by atoms with van der Waals surface area (Å²) < 4.78 is 19.0. The number of ether oxygens (including phenoxy) is 1. The molecule has 0 radical (unpaired) electrons. The van der Waals surface area contributed by atoms with Crippen LogP contribution in [0.2, 0.25) is 36.3 Å². The molecule has 0 amide bonds. The van der Waals surface area contributed by atoms with Gasteiger partial charge in [-0.1, -0.05) is 80.9 Å². The van der Waals surface area contributed by atoms with Gasteiger partial charge in [0, 0.05) is 23.1 Å². The number of methoxy groups -OCH3 is 1. The van der Waals surface area contributed by atoms with Gasteiger partial charge in [0.2, 0.25) is 0 Å². The van der Waals surface area contributed by atoms with E-state index in [9.17, 15) is 9.59 Å². The Balaban J connectivity index is 3.15. The van der Waals surface area contributed by atoms with Gasteiger partial charge in [-0.3, -0.25) is 9.59 Å². The van der Waals surface area contributed by atoms with Crippen molar-refractivity contribution in [1.29, 1.82) is 0 Å². The fourth-order valence-corrected chi connectivity index (χ4v) is 11.2. The molecule has 282 valence electrons. The molecule has 0 aliphatic rings. The zero-order valence-corrected chi connectivity index (χ0v) is 37.1. The van der Waals surface area contributed by atoms with E-state index in [4.69, 9.17) is 13.6 Å². The lowest BCUT2D eigenvalue weighted by Gasteiger charge is -2.43. The van der Waals surface area contributed by atoms with Crippen LogP contribution in [0.5, 0.6) is 0 Å². The zero-order chi connectivity index (χ0) is 37.8. The van der Waals surface area contributed by atoms with Gasteiger partial charge in [0.05, 0.1) is 30.0 Å². The topological polar surface area (TPSA) is 74.7 Å². The number of aryl methyl sites for hydroxylation is 1. The van der Waals surface area contributed by atoms with Crippen molar-refractivity contribution in [2.45, 2.75) is 177 Å². The van der Waals surface area contributed by atoms with E-state index in [0.29, 0.717) is 6.42 Å². The number of ketones is 1. The van der Waals surface area contributed by atoms with Gasteiger partial charge in [0.25, 0.3) is 0 Å². The van der Waals surface area contributed by atoms with Crippen molar-refractivity contribution >= 4 is 45.8 Å². The largest absolute Gasteiger partial charge is 0.469 e. The van der Waals surface area contributed by atoms with Crippen LogP contribution in [0.15, 0.2) is 22.6 Å². The molecule has 0 aliphatic heterocycles. The maximum absolute atomic E-state index is 14.0. The number of hydrogen-bond acceptors (Lipinski definition) is 7. The third-order valence-electron chi connectivity index (χ3n) is 11.3. The van der Waals surface area contributed by atoms with Crippen LogP contribution in [-0.2, 0) is 23.2 Å².